The number of carbonyl (C=O) groups is 2. The fourth-order valence-corrected chi connectivity index (χ4v) is 2.35. The van der Waals surface area contributed by atoms with Crippen LogP contribution < -0.4 is 4.90 Å². The van der Waals surface area contributed by atoms with Gasteiger partial charge in [0.25, 0.3) is 11.6 Å². The fourth-order valence-electron chi connectivity index (χ4n) is 2.35. The van der Waals surface area contributed by atoms with E-state index in [-0.39, 0.29) is 12.3 Å². The summed E-state index contributed by atoms with van der Waals surface area (Å²) >= 11 is 0. The summed E-state index contributed by atoms with van der Waals surface area (Å²) in [5.74, 6) is -1.08. The van der Waals surface area contributed by atoms with Gasteiger partial charge in [0, 0.05) is 18.7 Å². The molecule has 0 radical (unpaired) electrons. The maximum absolute atomic E-state index is 12.3. The topological polar surface area (TPSA) is 99.0 Å². The molecule has 1 amide bonds. The number of hydrogen-bond acceptors (Lipinski definition) is 6. The first-order chi connectivity index (χ1) is 11.4. The van der Waals surface area contributed by atoms with E-state index in [1.54, 1.807) is 6.07 Å². The number of nitrogens with zero attached hydrogens (tertiary/aromatic N) is 2. The molecule has 1 atom stereocenters. The summed E-state index contributed by atoms with van der Waals surface area (Å²) in [4.78, 5) is 35.7. The van der Waals surface area contributed by atoms with Crippen LogP contribution in [0.4, 0.5) is 11.4 Å². The van der Waals surface area contributed by atoms with Crippen LogP contribution in [0.5, 0.6) is 0 Å². The number of carbonyl (C=O) groups excluding carboxylic acids is 2. The lowest BCUT2D eigenvalue weighted by Crippen LogP contribution is -2.35. The Kier molecular flexibility index (Phi) is 5.64. The molecule has 0 saturated heterocycles. The van der Waals surface area contributed by atoms with Crippen molar-refractivity contribution in [2.75, 3.05) is 24.7 Å². The highest BCUT2D eigenvalue weighted by Crippen LogP contribution is 2.31. The van der Waals surface area contributed by atoms with Crippen LogP contribution >= 0.6 is 0 Å². The normalized spacial score (nSPS) is 14.0. The smallest absolute Gasteiger partial charge is 0.335 e. The largest absolute Gasteiger partial charge is 0.454 e. The van der Waals surface area contributed by atoms with Gasteiger partial charge in [0.15, 0.2) is 12.7 Å². The molecule has 1 aliphatic rings. The molecular formula is C16H18N2O6. The van der Waals surface area contributed by atoms with Gasteiger partial charge in [0.1, 0.15) is 0 Å². The van der Waals surface area contributed by atoms with Gasteiger partial charge < -0.3 is 14.4 Å². The lowest BCUT2D eigenvalue weighted by molar-refractivity contribution is -0.384. The van der Waals surface area contributed by atoms with E-state index in [0.717, 1.165) is 5.56 Å². The van der Waals surface area contributed by atoms with Crippen molar-refractivity contribution in [1.29, 1.82) is 0 Å². The number of rotatable bonds is 7. The van der Waals surface area contributed by atoms with Crippen LogP contribution in [-0.2, 0) is 25.5 Å². The minimum atomic E-state index is -0.803. The van der Waals surface area contributed by atoms with Crippen molar-refractivity contribution in [1.82, 2.24) is 0 Å². The number of benzene rings is 1. The van der Waals surface area contributed by atoms with Crippen molar-refractivity contribution >= 4 is 23.3 Å². The zero-order valence-corrected chi connectivity index (χ0v) is 13.3. The van der Waals surface area contributed by atoms with E-state index in [1.165, 1.54) is 30.0 Å². The van der Waals surface area contributed by atoms with Crippen molar-refractivity contribution in [3.63, 3.8) is 0 Å². The molecule has 0 bridgehead atoms. The first-order valence-electron chi connectivity index (χ1n) is 7.41. The number of anilines is 1. The van der Waals surface area contributed by atoms with Crippen LogP contribution in [0.15, 0.2) is 30.9 Å². The molecule has 0 aromatic heterocycles. The highest BCUT2D eigenvalue weighted by molar-refractivity contribution is 5.97. The summed E-state index contributed by atoms with van der Waals surface area (Å²) in [6.45, 7) is 5.15. The Morgan fingerprint density at radius 1 is 1.50 bits per heavy atom. The molecule has 1 aromatic rings. The van der Waals surface area contributed by atoms with Gasteiger partial charge in [-0.1, -0.05) is 12.1 Å². The molecule has 1 aliphatic heterocycles. The van der Waals surface area contributed by atoms with Gasteiger partial charge in [-0.25, -0.2) is 4.79 Å². The van der Waals surface area contributed by atoms with E-state index in [2.05, 4.69) is 6.58 Å². The van der Waals surface area contributed by atoms with Gasteiger partial charge in [0.2, 0.25) is 0 Å². The molecule has 8 nitrogen and oxygen atoms in total. The van der Waals surface area contributed by atoms with Gasteiger partial charge in [-0.05, 0) is 18.9 Å². The number of amides is 1. The Hall–Kier alpha value is -2.74. The number of esters is 1. The minimum absolute atomic E-state index is 0.0862. The highest BCUT2D eigenvalue weighted by Gasteiger charge is 2.27. The van der Waals surface area contributed by atoms with Crippen molar-refractivity contribution in [2.45, 2.75) is 19.4 Å². The second kappa shape index (κ2) is 7.69. The maximum Gasteiger partial charge on any atom is 0.335 e. The first-order valence-corrected chi connectivity index (χ1v) is 7.41. The third-order valence-corrected chi connectivity index (χ3v) is 3.61. The molecule has 8 heteroatoms. The summed E-state index contributed by atoms with van der Waals surface area (Å²) in [5, 5.41) is 10.9. The summed E-state index contributed by atoms with van der Waals surface area (Å²) in [7, 11) is 0. The first kappa shape index (κ1) is 17.6. The van der Waals surface area contributed by atoms with Crippen LogP contribution in [0.3, 0.4) is 0 Å². The monoisotopic (exact) mass is 334 g/mol. The van der Waals surface area contributed by atoms with Crippen molar-refractivity contribution in [3.05, 3.63) is 46.5 Å². The number of ether oxygens (including phenoxy) is 2. The van der Waals surface area contributed by atoms with Gasteiger partial charge in [-0.3, -0.25) is 14.9 Å². The zero-order chi connectivity index (χ0) is 17.7. The Morgan fingerprint density at radius 2 is 2.25 bits per heavy atom. The molecule has 1 heterocycles. The molecule has 0 spiro atoms. The molecular weight excluding hydrogens is 316 g/mol. The number of nitro benzene ring substituents is 1. The van der Waals surface area contributed by atoms with Gasteiger partial charge in [-0.15, -0.1) is 6.58 Å². The SMILES string of the molecule is C=CCOC(C)C(=O)OCC(=O)N1CCc2ccc([N+](=O)[O-])cc21. The summed E-state index contributed by atoms with van der Waals surface area (Å²) in [5.41, 5.74) is 1.25. The third kappa shape index (κ3) is 3.96. The third-order valence-electron chi connectivity index (χ3n) is 3.61. The summed E-state index contributed by atoms with van der Waals surface area (Å²) in [6, 6.07) is 4.40. The standard InChI is InChI=1S/C16H18N2O6/c1-3-8-23-11(2)16(20)24-10-15(19)17-7-6-12-4-5-13(18(21)22)9-14(12)17/h3-5,9,11H,1,6-8,10H2,2H3. The van der Waals surface area contributed by atoms with Crippen LogP contribution in [0.1, 0.15) is 12.5 Å². The lowest BCUT2D eigenvalue weighted by atomic mass is 10.1. The maximum atomic E-state index is 12.3. The molecule has 24 heavy (non-hydrogen) atoms. The van der Waals surface area contributed by atoms with E-state index in [9.17, 15) is 19.7 Å². The number of fused-ring (bicyclic) bond motifs is 1. The summed E-state index contributed by atoms with van der Waals surface area (Å²) in [6.07, 6.45) is 1.30. The Bertz CT molecular complexity index is 673. The van der Waals surface area contributed by atoms with Crippen LogP contribution in [0.25, 0.3) is 0 Å². The number of nitro groups is 1. The molecule has 1 aromatic carbocycles. The second-order valence-corrected chi connectivity index (χ2v) is 5.24. The Balaban J connectivity index is 1.98. The van der Waals surface area contributed by atoms with E-state index in [1.807, 2.05) is 0 Å². The van der Waals surface area contributed by atoms with E-state index in [4.69, 9.17) is 9.47 Å². The average Bonchev–Trinajstić information content (AvgIpc) is 3.00. The van der Waals surface area contributed by atoms with E-state index >= 15 is 0 Å². The van der Waals surface area contributed by atoms with Crippen molar-refractivity contribution < 1.29 is 24.0 Å². The predicted octanol–water partition coefficient (Wildman–Crippen LogP) is 1.62. The van der Waals surface area contributed by atoms with Crippen LogP contribution in [0.2, 0.25) is 0 Å². The molecule has 0 fully saturated rings. The van der Waals surface area contributed by atoms with E-state index < -0.39 is 29.5 Å². The highest BCUT2D eigenvalue weighted by atomic mass is 16.6. The molecule has 128 valence electrons. The number of hydrogen-bond donors (Lipinski definition) is 0. The second-order valence-electron chi connectivity index (χ2n) is 5.24. The molecule has 0 saturated carbocycles. The number of non-ortho nitro benzene ring substituents is 1. The Labute approximate surface area is 138 Å². The van der Waals surface area contributed by atoms with Gasteiger partial charge in [-0.2, -0.15) is 0 Å². The van der Waals surface area contributed by atoms with Crippen LogP contribution in [-0.4, -0.2) is 42.7 Å². The molecule has 1 unspecified atom stereocenters. The Morgan fingerprint density at radius 3 is 2.92 bits per heavy atom. The van der Waals surface area contributed by atoms with Crippen molar-refractivity contribution in [3.8, 4) is 0 Å². The fraction of sp³-hybridized carbons (Fsp3) is 0.375. The van der Waals surface area contributed by atoms with Gasteiger partial charge >= 0.3 is 5.97 Å². The van der Waals surface area contributed by atoms with Crippen LogP contribution in [0, 0.1) is 10.1 Å². The van der Waals surface area contributed by atoms with Gasteiger partial charge in [0.05, 0.1) is 17.2 Å². The lowest BCUT2D eigenvalue weighted by Gasteiger charge is -2.18. The van der Waals surface area contributed by atoms with E-state index in [0.29, 0.717) is 18.7 Å². The molecule has 0 N–H and O–H groups in total. The predicted molar refractivity (Wildman–Crippen MR) is 85.7 cm³/mol. The molecule has 0 aliphatic carbocycles. The minimum Gasteiger partial charge on any atom is -0.454 e. The quantitative estimate of drug-likeness (QED) is 0.325. The van der Waals surface area contributed by atoms with Crippen molar-refractivity contribution in [2.24, 2.45) is 0 Å². The zero-order valence-electron chi connectivity index (χ0n) is 13.3. The summed E-state index contributed by atoms with van der Waals surface area (Å²) < 4.78 is 10.1. The average molecular weight is 334 g/mol. The molecule has 2 rings (SSSR count).